The van der Waals surface area contributed by atoms with Gasteiger partial charge in [0.25, 0.3) is 0 Å². The van der Waals surface area contributed by atoms with Crippen molar-refractivity contribution < 1.29 is 9.53 Å². The molecule has 0 radical (unpaired) electrons. The number of carbonyl (C=O) groups is 1. The summed E-state index contributed by atoms with van der Waals surface area (Å²) >= 11 is 0. The second-order valence-corrected chi connectivity index (χ2v) is 14.8. The van der Waals surface area contributed by atoms with E-state index in [1.165, 1.54) is 77.0 Å². The molecule has 0 saturated heterocycles. The Labute approximate surface area is 230 Å². The van der Waals surface area contributed by atoms with Gasteiger partial charge in [0.2, 0.25) is 0 Å². The maximum absolute atomic E-state index is 12.5. The molecule has 0 aromatic heterocycles. The van der Waals surface area contributed by atoms with Crippen LogP contribution in [0.2, 0.25) is 0 Å². The van der Waals surface area contributed by atoms with Crippen LogP contribution in [-0.4, -0.2) is 12.1 Å². The third-order valence-electron chi connectivity index (χ3n) is 12.0. The molecule has 0 aromatic rings. The van der Waals surface area contributed by atoms with E-state index in [2.05, 4.69) is 47.6 Å². The van der Waals surface area contributed by atoms with Crippen LogP contribution in [0.4, 0.5) is 0 Å². The van der Waals surface area contributed by atoms with Crippen LogP contribution in [0.1, 0.15) is 151 Å². The summed E-state index contributed by atoms with van der Waals surface area (Å²) in [7, 11) is 0. The first-order valence-corrected chi connectivity index (χ1v) is 16.6. The first-order valence-electron chi connectivity index (χ1n) is 16.6. The normalized spacial score (nSPS) is 37.9. The topological polar surface area (TPSA) is 26.3 Å². The molecule has 0 spiro atoms. The predicted octanol–water partition coefficient (Wildman–Crippen LogP) is 10.3. The smallest absolute Gasteiger partial charge is 0.306 e. The molecule has 212 valence electrons. The van der Waals surface area contributed by atoms with E-state index in [4.69, 9.17) is 4.74 Å². The molecule has 4 aliphatic rings. The molecule has 0 aromatic carbocycles. The zero-order valence-electron chi connectivity index (χ0n) is 25.5. The first kappa shape index (κ1) is 29.2. The summed E-state index contributed by atoms with van der Waals surface area (Å²) in [5, 5.41) is 0. The van der Waals surface area contributed by atoms with Crippen LogP contribution in [0.15, 0.2) is 11.6 Å². The van der Waals surface area contributed by atoms with Crippen LogP contribution >= 0.6 is 0 Å². The van der Waals surface area contributed by atoms with Crippen LogP contribution in [0.5, 0.6) is 0 Å². The molecule has 0 N–H and O–H groups in total. The molecule has 4 rings (SSSR count). The number of allylic oxidation sites excluding steroid dienone is 1. The van der Waals surface area contributed by atoms with Crippen LogP contribution < -0.4 is 0 Å². The minimum atomic E-state index is 0.0485. The van der Waals surface area contributed by atoms with Gasteiger partial charge in [-0.25, -0.2) is 0 Å². The van der Waals surface area contributed by atoms with Gasteiger partial charge < -0.3 is 4.74 Å². The quantitative estimate of drug-likeness (QED) is 0.148. The zero-order valence-corrected chi connectivity index (χ0v) is 25.5. The van der Waals surface area contributed by atoms with Gasteiger partial charge in [-0.2, -0.15) is 0 Å². The molecular formula is C35H60O2. The molecule has 0 heterocycles. The van der Waals surface area contributed by atoms with E-state index in [1.54, 1.807) is 5.57 Å². The molecule has 4 aliphatic carbocycles. The van der Waals surface area contributed by atoms with Gasteiger partial charge in [-0.15, -0.1) is 0 Å². The summed E-state index contributed by atoms with van der Waals surface area (Å²) < 4.78 is 6.02. The first-order chi connectivity index (χ1) is 17.7. The van der Waals surface area contributed by atoms with Gasteiger partial charge in [0.05, 0.1) is 0 Å². The highest BCUT2D eigenvalue weighted by Gasteiger charge is 2.59. The molecule has 3 fully saturated rings. The number of ether oxygens (including phenoxy) is 1. The summed E-state index contributed by atoms with van der Waals surface area (Å²) in [6.45, 7) is 14.9. The van der Waals surface area contributed by atoms with Gasteiger partial charge in [-0.1, -0.05) is 98.1 Å². The number of rotatable bonds is 12. The Morgan fingerprint density at radius 3 is 2.49 bits per heavy atom. The van der Waals surface area contributed by atoms with E-state index >= 15 is 0 Å². The highest BCUT2D eigenvalue weighted by molar-refractivity contribution is 5.69. The van der Waals surface area contributed by atoms with Crippen molar-refractivity contribution >= 4 is 5.97 Å². The maximum Gasteiger partial charge on any atom is 0.306 e. The van der Waals surface area contributed by atoms with Crippen LogP contribution in [0.3, 0.4) is 0 Å². The van der Waals surface area contributed by atoms with E-state index in [0.717, 1.165) is 61.2 Å². The van der Waals surface area contributed by atoms with E-state index in [0.29, 0.717) is 17.3 Å². The Balaban J connectivity index is 1.34. The summed E-state index contributed by atoms with van der Waals surface area (Å²) in [5.41, 5.74) is 2.54. The molecule has 2 heteroatoms. The van der Waals surface area contributed by atoms with Crippen LogP contribution in [-0.2, 0) is 9.53 Å². The number of unbranched alkanes of at least 4 members (excludes halogenated alkanes) is 4. The average molecular weight is 513 g/mol. The van der Waals surface area contributed by atoms with E-state index < -0.39 is 0 Å². The Bertz CT molecular complexity index is 782. The number of esters is 1. The molecule has 2 nitrogen and oxygen atoms in total. The predicted molar refractivity (Wildman–Crippen MR) is 156 cm³/mol. The summed E-state index contributed by atoms with van der Waals surface area (Å²) in [5.74, 6) is 5.34. The molecular weight excluding hydrogens is 452 g/mol. The fourth-order valence-corrected chi connectivity index (χ4v) is 9.87. The van der Waals surface area contributed by atoms with Crippen molar-refractivity contribution in [3.8, 4) is 0 Å². The van der Waals surface area contributed by atoms with Gasteiger partial charge in [-0.3, -0.25) is 4.79 Å². The number of fused-ring (bicyclic) bond motifs is 5. The second kappa shape index (κ2) is 12.6. The van der Waals surface area contributed by atoms with Crippen molar-refractivity contribution in [3.05, 3.63) is 11.6 Å². The van der Waals surface area contributed by atoms with Crippen molar-refractivity contribution in [2.45, 2.75) is 157 Å². The van der Waals surface area contributed by atoms with Crippen molar-refractivity contribution in [1.29, 1.82) is 0 Å². The lowest BCUT2D eigenvalue weighted by atomic mass is 9.47. The highest BCUT2D eigenvalue weighted by Crippen LogP contribution is 2.67. The fourth-order valence-electron chi connectivity index (χ4n) is 9.87. The third kappa shape index (κ3) is 6.35. The molecule has 0 aliphatic heterocycles. The Hall–Kier alpha value is -0.790. The summed E-state index contributed by atoms with van der Waals surface area (Å²) in [6, 6.07) is 0. The van der Waals surface area contributed by atoms with E-state index in [-0.39, 0.29) is 12.1 Å². The summed E-state index contributed by atoms with van der Waals surface area (Å²) in [6.07, 6.45) is 23.9. The Morgan fingerprint density at radius 1 is 0.946 bits per heavy atom. The molecule has 4 unspecified atom stereocenters. The molecule has 3 saturated carbocycles. The fraction of sp³-hybridized carbons (Fsp3) is 0.914. The van der Waals surface area contributed by atoms with Gasteiger partial charge in [0.15, 0.2) is 0 Å². The van der Waals surface area contributed by atoms with Crippen molar-refractivity contribution in [3.63, 3.8) is 0 Å². The second-order valence-electron chi connectivity index (χ2n) is 14.8. The summed E-state index contributed by atoms with van der Waals surface area (Å²) in [4.78, 5) is 12.5. The monoisotopic (exact) mass is 512 g/mol. The number of hydrogen-bond acceptors (Lipinski definition) is 2. The number of carbonyl (C=O) groups excluding carboxylic acids is 1. The van der Waals surface area contributed by atoms with Crippen LogP contribution in [0.25, 0.3) is 0 Å². The Kier molecular flexibility index (Phi) is 9.94. The van der Waals surface area contributed by atoms with Crippen molar-refractivity contribution in [2.75, 3.05) is 0 Å². The standard InChI is InChI=1S/C35H60O2/c1-7-8-9-10-11-15-33(36)37-28-20-22-34(5)27(24-28)16-17-29-31-19-18-30(26(4)14-12-13-25(2)3)35(31,6)23-21-32(29)34/h16,25-26,28-32H,7-15,17-24H2,1-6H3/t26-,28+,29?,30?,31?,32?,34+,35-/m1/s1. The van der Waals surface area contributed by atoms with Crippen LogP contribution in [0, 0.1) is 46.3 Å². The van der Waals surface area contributed by atoms with Gasteiger partial charge in [0.1, 0.15) is 6.10 Å². The maximum atomic E-state index is 12.5. The lowest BCUT2D eigenvalue weighted by molar-refractivity contribution is -0.151. The minimum Gasteiger partial charge on any atom is -0.462 e. The molecule has 0 amide bonds. The van der Waals surface area contributed by atoms with Crippen molar-refractivity contribution in [2.24, 2.45) is 46.3 Å². The lowest BCUT2D eigenvalue weighted by Gasteiger charge is -2.58. The Morgan fingerprint density at radius 2 is 1.73 bits per heavy atom. The third-order valence-corrected chi connectivity index (χ3v) is 12.0. The molecule has 0 bridgehead atoms. The number of hydrogen-bond donors (Lipinski definition) is 0. The lowest BCUT2D eigenvalue weighted by Crippen LogP contribution is -2.51. The minimum absolute atomic E-state index is 0.0485. The molecule has 37 heavy (non-hydrogen) atoms. The SMILES string of the molecule is CCCCCCCC(=O)O[C@H]1CC[C@@]2(C)C(=CCC3C4CCC([C@H](C)CCCC(C)C)[C@@]4(C)CCC32)C1. The average Bonchev–Trinajstić information content (AvgIpc) is 3.21. The molecule has 8 atom stereocenters. The van der Waals surface area contributed by atoms with Crippen molar-refractivity contribution in [1.82, 2.24) is 0 Å². The van der Waals surface area contributed by atoms with Gasteiger partial charge >= 0.3 is 5.97 Å². The zero-order chi connectivity index (χ0) is 26.6. The van der Waals surface area contributed by atoms with Gasteiger partial charge in [-0.05, 0) is 97.7 Å². The van der Waals surface area contributed by atoms with E-state index in [1.807, 2.05) is 0 Å². The largest absolute Gasteiger partial charge is 0.462 e. The highest BCUT2D eigenvalue weighted by atomic mass is 16.5. The van der Waals surface area contributed by atoms with Gasteiger partial charge in [0, 0.05) is 12.8 Å². The van der Waals surface area contributed by atoms with E-state index in [9.17, 15) is 4.79 Å².